The quantitative estimate of drug-likeness (QED) is 0.765. The Morgan fingerprint density at radius 3 is 2.57 bits per heavy atom. The Bertz CT molecular complexity index is 744. The lowest BCUT2D eigenvalue weighted by atomic mass is 10.1. The standard InChI is InChI=1S/C19H19NO/c1-14(20)16-8-5-10-18(12-16)21-13-17-9-4-7-15-6-2-3-11-19(15)17/h2-12,14H,13,20H2,1H3/t14-/m0/s1. The smallest absolute Gasteiger partial charge is 0.120 e. The fourth-order valence-corrected chi connectivity index (χ4v) is 2.47. The van der Waals surface area contributed by atoms with Crippen LogP contribution in [-0.4, -0.2) is 0 Å². The molecule has 0 aliphatic rings. The van der Waals surface area contributed by atoms with Gasteiger partial charge in [-0.2, -0.15) is 0 Å². The first-order valence-electron chi connectivity index (χ1n) is 7.19. The second-order valence-electron chi connectivity index (χ2n) is 5.29. The van der Waals surface area contributed by atoms with Crippen LogP contribution in [0.4, 0.5) is 0 Å². The highest BCUT2D eigenvalue weighted by atomic mass is 16.5. The van der Waals surface area contributed by atoms with Crippen LogP contribution in [-0.2, 0) is 6.61 Å². The molecular formula is C19H19NO. The van der Waals surface area contributed by atoms with E-state index in [-0.39, 0.29) is 6.04 Å². The third-order valence-electron chi connectivity index (χ3n) is 3.66. The Kier molecular flexibility index (Phi) is 3.89. The maximum absolute atomic E-state index is 5.94. The molecule has 0 radical (unpaired) electrons. The van der Waals surface area contributed by atoms with E-state index in [0.717, 1.165) is 11.3 Å². The summed E-state index contributed by atoms with van der Waals surface area (Å²) in [5.41, 5.74) is 8.19. The summed E-state index contributed by atoms with van der Waals surface area (Å²) in [5.74, 6) is 0.859. The van der Waals surface area contributed by atoms with Gasteiger partial charge in [0, 0.05) is 6.04 Å². The SMILES string of the molecule is C[C@H](N)c1cccc(OCc2cccc3ccccc23)c1. The van der Waals surface area contributed by atoms with Gasteiger partial charge in [0.15, 0.2) is 0 Å². The van der Waals surface area contributed by atoms with Crippen molar-refractivity contribution in [2.24, 2.45) is 5.73 Å². The minimum absolute atomic E-state index is 0.0195. The highest BCUT2D eigenvalue weighted by Gasteiger charge is 2.04. The topological polar surface area (TPSA) is 35.2 Å². The summed E-state index contributed by atoms with van der Waals surface area (Å²) in [6, 6.07) is 22.7. The van der Waals surface area contributed by atoms with Gasteiger partial charge in [-0.15, -0.1) is 0 Å². The predicted octanol–water partition coefficient (Wildman–Crippen LogP) is 4.44. The fraction of sp³-hybridized carbons (Fsp3) is 0.158. The van der Waals surface area contributed by atoms with Crippen molar-refractivity contribution in [2.45, 2.75) is 19.6 Å². The van der Waals surface area contributed by atoms with Crippen LogP contribution in [0.1, 0.15) is 24.1 Å². The Balaban J connectivity index is 1.82. The molecule has 2 N–H and O–H groups in total. The zero-order valence-electron chi connectivity index (χ0n) is 12.1. The Morgan fingerprint density at radius 2 is 1.71 bits per heavy atom. The first kappa shape index (κ1) is 13.7. The molecule has 0 aliphatic carbocycles. The van der Waals surface area contributed by atoms with Crippen molar-refractivity contribution >= 4 is 10.8 Å². The average molecular weight is 277 g/mol. The van der Waals surface area contributed by atoms with Crippen molar-refractivity contribution in [3.05, 3.63) is 77.9 Å². The number of nitrogens with two attached hydrogens (primary N) is 1. The summed E-state index contributed by atoms with van der Waals surface area (Å²) in [6.07, 6.45) is 0. The summed E-state index contributed by atoms with van der Waals surface area (Å²) in [6.45, 7) is 2.54. The molecule has 21 heavy (non-hydrogen) atoms. The normalized spacial score (nSPS) is 12.3. The highest BCUT2D eigenvalue weighted by Crippen LogP contribution is 2.22. The van der Waals surface area contributed by atoms with Gasteiger partial charge < -0.3 is 10.5 Å². The molecule has 0 spiro atoms. The minimum atomic E-state index is 0.0195. The highest BCUT2D eigenvalue weighted by molar-refractivity contribution is 5.85. The molecule has 106 valence electrons. The van der Waals surface area contributed by atoms with Crippen LogP contribution in [0.15, 0.2) is 66.7 Å². The predicted molar refractivity (Wildman–Crippen MR) is 87.3 cm³/mol. The molecule has 3 rings (SSSR count). The Labute approximate surface area is 125 Å². The van der Waals surface area contributed by atoms with Crippen LogP contribution < -0.4 is 10.5 Å². The molecule has 3 aromatic rings. The zero-order chi connectivity index (χ0) is 14.7. The summed E-state index contributed by atoms with van der Waals surface area (Å²) in [4.78, 5) is 0. The number of ether oxygens (including phenoxy) is 1. The van der Waals surface area contributed by atoms with E-state index in [1.807, 2.05) is 31.2 Å². The van der Waals surface area contributed by atoms with Crippen LogP contribution in [0, 0.1) is 0 Å². The number of rotatable bonds is 4. The lowest BCUT2D eigenvalue weighted by Gasteiger charge is -2.11. The van der Waals surface area contributed by atoms with Crippen molar-refractivity contribution in [1.29, 1.82) is 0 Å². The molecule has 0 fully saturated rings. The Hall–Kier alpha value is -2.32. The summed E-state index contributed by atoms with van der Waals surface area (Å²) < 4.78 is 5.94. The fourth-order valence-electron chi connectivity index (χ4n) is 2.47. The van der Waals surface area contributed by atoms with E-state index in [1.54, 1.807) is 0 Å². The van der Waals surface area contributed by atoms with E-state index in [9.17, 15) is 0 Å². The van der Waals surface area contributed by atoms with Gasteiger partial charge in [-0.05, 0) is 41.0 Å². The van der Waals surface area contributed by atoms with Gasteiger partial charge in [-0.1, -0.05) is 54.6 Å². The molecule has 3 aromatic carbocycles. The molecule has 0 unspecified atom stereocenters. The van der Waals surface area contributed by atoms with Crippen LogP contribution in [0.2, 0.25) is 0 Å². The van der Waals surface area contributed by atoms with Gasteiger partial charge in [0.2, 0.25) is 0 Å². The lowest BCUT2D eigenvalue weighted by molar-refractivity contribution is 0.307. The molecule has 0 saturated heterocycles. The maximum atomic E-state index is 5.94. The Morgan fingerprint density at radius 1 is 0.952 bits per heavy atom. The molecular weight excluding hydrogens is 258 g/mol. The van der Waals surface area contributed by atoms with Gasteiger partial charge in [0.25, 0.3) is 0 Å². The second-order valence-corrected chi connectivity index (χ2v) is 5.29. The molecule has 0 aliphatic heterocycles. The van der Waals surface area contributed by atoms with E-state index in [4.69, 9.17) is 10.5 Å². The summed E-state index contributed by atoms with van der Waals surface area (Å²) >= 11 is 0. The molecule has 0 aromatic heterocycles. The van der Waals surface area contributed by atoms with E-state index >= 15 is 0 Å². The van der Waals surface area contributed by atoms with Crippen LogP contribution in [0.25, 0.3) is 10.8 Å². The molecule has 1 atom stereocenters. The number of fused-ring (bicyclic) bond motifs is 1. The van der Waals surface area contributed by atoms with Crippen LogP contribution >= 0.6 is 0 Å². The second kappa shape index (κ2) is 5.98. The van der Waals surface area contributed by atoms with Crippen LogP contribution in [0.3, 0.4) is 0 Å². The third-order valence-corrected chi connectivity index (χ3v) is 3.66. The number of benzene rings is 3. The molecule has 0 heterocycles. The largest absolute Gasteiger partial charge is 0.489 e. The van der Waals surface area contributed by atoms with Crippen LogP contribution in [0.5, 0.6) is 5.75 Å². The molecule has 0 bridgehead atoms. The van der Waals surface area contributed by atoms with E-state index in [0.29, 0.717) is 6.61 Å². The average Bonchev–Trinajstić information content (AvgIpc) is 2.53. The van der Waals surface area contributed by atoms with E-state index < -0.39 is 0 Å². The number of hydrogen-bond acceptors (Lipinski definition) is 2. The van der Waals surface area contributed by atoms with Crippen molar-refractivity contribution in [1.82, 2.24) is 0 Å². The first-order valence-corrected chi connectivity index (χ1v) is 7.19. The van der Waals surface area contributed by atoms with Crippen molar-refractivity contribution in [3.8, 4) is 5.75 Å². The van der Waals surface area contributed by atoms with Crippen molar-refractivity contribution in [3.63, 3.8) is 0 Å². The summed E-state index contributed by atoms with van der Waals surface area (Å²) in [5, 5.41) is 2.48. The molecule has 2 nitrogen and oxygen atoms in total. The first-order chi connectivity index (χ1) is 10.2. The van der Waals surface area contributed by atoms with E-state index in [2.05, 4.69) is 42.5 Å². The zero-order valence-corrected chi connectivity index (χ0v) is 12.1. The third kappa shape index (κ3) is 3.06. The molecule has 2 heteroatoms. The van der Waals surface area contributed by atoms with Gasteiger partial charge in [-0.25, -0.2) is 0 Å². The van der Waals surface area contributed by atoms with Gasteiger partial charge >= 0.3 is 0 Å². The van der Waals surface area contributed by atoms with E-state index in [1.165, 1.54) is 16.3 Å². The maximum Gasteiger partial charge on any atom is 0.120 e. The summed E-state index contributed by atoms with van der Waals surface area (Å²) in [7, 11) is 0. The van der Waals surface area contributed by atoms with Gasteiger partial charge in [0.05, 0.1) is 0 Å². The molecule has 0 amide bonds. The monoisotopic (exact) mass is 277 g/mol. The number of hydrogen-bond donors (Lipinski definition) is 1. The van der Waals surface area contributed by atoms with Gasteiger partial charge in [0.1, 0.15) is 12.4 Å². The molecule has 0 saturated carbocycles. The van der Waals surface area contributed by atoms with Crippen molar-refractivity contribution < 1.29 is 4.74 Å². The minimum Gasteiger partial charge on any atom is -0.489 e. The van der Waals surface area contributed by atoms with Gasteiger partial charge in [-0.3, -0.25) is 0 Å². The van der Waals surface area contributed by atoms with Crippen molar-refractivity contribution in [2.75, 3.05) is 0 Å². The lowest BCUT2D eigenvalue weighted by Crippen LogP contribution is -2.05.